The Bertz CT molecular complexity index is 1050. The number of phenols is 1. The Balaban J connectivity index is 1.52. The van der Waals surface area contributed by atoms with Gasteiger partial charge in [-0.05, 0) is 56.5 Å². The molecule has 1 fully saturated rings. The maximum atomic E-state index is 13.4. The van der Waals surface area contributed by atoms with Gasteiger partial charge in [0.25, 0.3) is 5.91 Å². The number of aromatic hydroxyl groups is 1. The van der Waals surface area contributed by atoms with Gasteiger partial charge in [0.05, 0.1) is 12.2 Å². The predicted molar refractivity (Wildman–Crippen MR) is 115 cm³/mol. The Kier molecular flexibility index (Phi) is 5.22. The van der Waals surface area contributed by atoms with Gasteiger partial charge in [0, 0.05) is 42.7 Å². The van der Waals surface area contributed by atoms with E-state index in [0.29, 0.717) is 24.6 Å². The highest BCUT2D eigenvalue weighted by Crippen LogP contribution is 2.30. The largest absolute Gasteiger partial charge is 0.508 e. The van der Waals surface area contributed by atoms with E-state index < -0.39 is 0 Å². The minimum atomic E-state index is 0.0410. The number of carbonyl (C=O) groups excluding carboxylic acids is 1. The summed E-state index contributed by atoms with van der Waals surface area (Å²) >= 11 is 0. The van der Waals surface area contributed by atoms with Crippen molar-refractivity contribution in [2.45, 2.75) is 26.7 Å². The van der Waals surface area contributed by atoms with E-state index in [1.54, 1.807) is 12.1 Å². The number of aromatic nitrogens is 1. The molecule has 2 aromatic carbocycles. The fourth-order valence-electron chi connectivity index (χ4n) is 4.30. The Labute approximate surface area is 171 Å². The molecule has 1 N–H and O–H groups in total. The van der Waals surface area contributed by atoms with Crippen molar-refractivity contribution in [2.24, 2.45) is 13.0 Å². The molecule has 0 bridgehead atoms. The molecule has 3 aromatic rings. The van der Waals surface area contributed by atoms with Gasteiger partial charge in [-0.2, -0.15) is 0 Å². The zero-order valence-corrected chi connectivity index (χ0v) is 17.3. The van der Waals surface area contributed by atoms with Crippen LogP contribution in [0.4, 0.5) is 0 Å². The minimum Gasteiger partial charge on any atom is -0.508 e. The van der Waals surface area contributed by atoms with E-state index in [9.17, 15) is 9.90 Å². The lowest BCUT2D eigenvalue weighted by Crippen LogP contribution is -2.41. The number of phenolic OH excluding ortho intramolecular Hbond substituents is 1. The zero-order chi connectivity index (χ0) is 20.5. The Morgan fingerprint density at radius 3 is 2.79 bits per heavy atom. The van der Waals surface area contributed by atoms with Crippen LogP contribution in [0.15, 0.2) is 42.5 Å². The lowest BCUT2D eigenvalue weighted by atomic mass is 9.97. The van der Waals surface area contributed by atoms with Gasteiger partial charge in [-0.3, -0.25) is 4.79 Å². The zero-order valence-electron chi connectivity index (χ0n) is 17.3. The van der Waals surface area contributed by atoms with Gasteiger partial charge < -0.3 is 19.3 Å². The first-order valence-electron chi connectivity index (χ1n) is 10.2. The molecule has 1 aliphatic heterocycles. The minimum absolute atomic E-state index is 0.0410. The number of likely N-dealkylation sites (tertiary alicyclic amines) is 1. The third-order valence-corrected chi connectivity index (χ3v) is 6.06. The van der Waals surface area contributed by atoms with Gasteiger partial charge >= 0.3 is 0 Å². The molecule has 1 amide bonds. The number of para-hydroxylation sites is 1. The molecular formula is C24H28N2O3. The maximum absolute atomic E-state index is 13.4. The first-order valence-corrected chi connectivity index (χ1v) is 10.2. The number of rotatable bonds is 4. The molecule has 1 unspecified atom stereocenters. The van der Waals surface area contributed by atoms with Gasteiger partial charge in [0.2, 0.25) is 0 Å². The first kappa shape index (κ1) is 19.4. The van der Waals surface area contributed by atoms with Crippen LogP contribution in [0.3, 0.4) is 0 Å². The third kappa shape index (κ3) is 3.69. The fourth-order valence-corrected chi connectivity index (χ4v) is 4.30. The van der Waals surface area contributed by atoms with Crippen molar-refractivity contribution in [3.63, 3.8) is 0 Å². The van der Waals surface area contributed by atoms with Gasteiger partial charge in [0.1, 0.15) is 11.5 Å². The average molecular weight is 392 g/mol. The van der Waals surface area contributed by atoms with Crippen LogP contribution in [-0.4, -0.2) is 40.2 Å². The number of aryl methyl sites for hydroxylation is 2. The van der Waals surface area contributed by atoms with Crippen LogP contribution in [0.25, 0.3) is 10.9 Å². The van der Waals surface area contributed by atoms with Gasteiger partial charge in [-0.1, -0.05) is 18.2 Å². The van der Waals surface area contributed by atoms with Gasteiger partial charge in [0.15, 0.2) is 0 Å². The van der Waals surface area contributed by atoms with Crippen molar-refractivity contribution in [1.29, 1.82) is 0 Å². The Morgan fingerprint density at radius 1 is 1.21 bits per heavy atom. The van der Waals surface area contributed by atoms with E-state index in [2.05, 4.69) is 0 Å². The summed E-state index contributed by atoms with van der Waals surface area (Å²) in [7, 11) is 1.96. The highest BCUT2D eigenvalue weighted by Gasteiger charge is 2.28. The van der Waals surface area contributed by atoms with Crippen LogP contribution < -0.4 is 4.74 Å². The molecule has 0 aliphatic carbocycles. The molecule has 152 valence electrons. The highest BCUT2D eigenvalue weighted by atomic mass is 16.5. The van der Waals surface area contributed by atoms with E-state index in [1.165, 1.54) is 0 Å². The molecule has 0 radical (unpaired) electrons. The van der Waals surface area contributed by atoms with Gasteiger partial charge in [-0.15, -0.1) is 0 Å². The van der Waals surface area contributed by atoms with Crippen molar-refractivity contribution in [3.8, 4) is 11.5 Å². The van der Waals surface area contributed by atoms with Crippen LogP contribution in [0.5, 0.6) is 11.5 Å². The summed E-state index contributed by atoms with van der Waals surface area (Å²) in [5, 5.41) is 10.8. The molecule has 0 saturated carbocycles. The number of carbonyl (C=O) groups is 1. The molecule has 1 saturated heterocycles. The van der Waals surface area contributed by atoms with Crippen molar-refractivity contribution in [2.75, 3.05) is 19.7 Å². The second kappa shape index (κ2) is 7.82. The summed E-state index contributed by atoms with van der Waals surface area (Å²) < 4.78 is 8.07. The number of hydrogen-bond donors (Lipinski definition) is 1. The molecule has 1 aliphatic rings. The maximum Gasteiger partial charge on any atom is 0.256 e. The molecule has 4 rings (SSSR count). The number of nitrogens with zero attached hydrogens (tertiary/aromatic N) is 2. The SMILES string of the molecule is Cc1ccccc1OCC1CCCN(C(=O)c2c(C)n(C)c3ccc(O)cc23)C1. The van der Waals surface area contributed by atoms with Crippen molar-refractivity contribution in [3.05, 3.63) is 59.3 Å². The summed E-state index contributed by atoms with van der Waals surface area (Å²) in [5.41, 5.74) is 3.70. The normalized spacial score (nSPS) is 16.9. The number of piperidine rings is 1. The third-order valence-electron chi connectivity index (χ3n) is 6.06. The summed E-state index contributed by atoms with van der Waals surface area (Å²) in [5.74, 6) is 1.45. The molecule has 1 atom stereocenters. The predicted octanol–water partition coefficient (Wildman–Crippen LogP) is 4.43. The second-order valence-corrected chi connectivity index (χ2v) is 8.06. The van der Waals surface area contributed by atoms with E-state index in [-0.39, 0.29) is 11.7 Å². The van der Waals surface area contributed by atoms with Crippen LogP contribution in [0.1, 0.15) is 34.5 Å². The number of fused-ring (bicyclic) bond motifs is 1. The van der Waals surface area contributed by atoms with Crippen molar-refractivity contribution >= 4 is 16.8 Å². The number of amides is 1. The van der Waals surface area contributed by atoms with Crippen molar-refractivity contribution in [1.82, 2.24) is 9.47 Å². The monoisotopic (exact) mass is 392 g/mol. The van der Waals surface area contributed by atoms with E-state index in [1.807, 2.05) is 60.7 Å². The number of benzene rings is 2. The topological polar surface area (TPSA) is 54.7 Å². The Hall–Kier alpha value is -2.95. The van der Waals surface area contributed by atoms with Gasteiger partial charge in [-0.25, -0.2) is 0 Å². The van der Waals surface area contributed by atoms with E-state index in [0.717, 1.165) is 47.3 Å². The first-order chi connectivity index (χ1) is 14.0. The van der Waals surface area contributed by atoms with Crippen LogP contribution in [-0.2, 0) is 7.05 Å². The average Bonchev–Trinajstić information content (AvgIpc) is 2.97. The molecule has 5 nitrogen and oxygen atoms in total. The van der Waals surface area contributed by atoms with Crippen LogP contribution >= 0.6 is 0 Å². The summed E-state index contributed by atoms with van der Waals surface area (Å²) in [6, 6.07) is 13.3. The summed E-state index contributed by atoms with van der Waals surface area (Å²) in [4.78, 5) is 15.4. The Morgan fingerprint density at radius 2 is 2.00 bits per heavy atom. The second-order valence-electron chi connectivity index (χ2n) is 8.06. The molecule has 29 heavy (non-hydrogen) atoms. The molecular weight excluding hydrogens is 364 g/mol. The standard InChI is InChI=1S/C24H28N2O3/c1-16-7-4-5-9-22(16)29-15-18-8-6-12-26(14-18)24(28)23-17(2)25(3)21-11-10-19(27)13-20(21)23/h4-5,7,9-11,13,18,27H,6,8,12,14-15H2,1-3H3. The van der Waals surface area contributed by atoms with Crippen LogP contribution in [0, 0.1) is 19.8 Å². The summed E-state index contributed by atoms with van der Waals surface area (Å²) in [6.07, 6.45) is 2.04. The lowest BCUT2D eigenvalue weighted by molar-refractivity contribution is 0.0634. The summed E-state index contributed by atoms with van der Waals surface area (Å²) in [6.45, 7) is 6.08. The lowest BCUT2D eigenvalue weighted by Gasteiger charge is -2.33. The van der Waals surface area contributed by atoms with E-state index in [4.69, 9.17) is 4.74 Å². The number of ether oxygens (including phenoxy) is 1. The van der Waals surface area contributed by atoms with E-state index >= 15 is 0 Å². The number of hydrogen-bond acceptors (Lipinski definition) is 3. The molecule has 2 heterocycles. The molecule has 5 heteroatoms. The smallest absolute Gasteiger partial charge is 0.256 e. The van der Waals surface area contributed by atoms with Crippen molar-refractivity contribution < 1.29 is 14.6 Å². The highest BCUT2D eigenvalue weighted by molar-refractivity contribution is 6.08. The van der Waals surface area contributed by atoms with Crippen LogP contribution in [0.2, 0.25) is 0 Å². The quantitative estimate of drug-likeness (QED) is 0.715. The fraction of sp³-hybridized carbons (Fsp3) is 0.375. The molecule has 1 aromatic heterocycles. The molecule has 0 spiro atoms.